The smallest absolute Gasteiger partial charge is 0.298 e. The molecule has 1 aliphatic rings. The standard InChI is InChI=1S/C18H19N3OS/c1-14-4-3-5-15(2)16(14)6-7-17(22)20-9-11-21(12-10-20)18-19-8-13-23-18/h3-5,8,13H,9-12H2,1-2H3. The van der Waals surface area contributed by atoms with Crippen LogP contribution in [-0.4, -0.2) is 42.0 Å². The Morgan fingerprint density at radius 2 is 1.87 bits per heavy atom. The number of rotatable bonds is 1. The number of amides is 1. The summed E-state index contributed by atoms with van der Waals surface area (Å²) in [5.74, 6) is 5.77. The van der Waals surface area contributed by atoms with Gasteiger partial charge >= 0.3 is 0 Å². The number of aromatic nitrogens is 1. The Morgan fingerprint density at radius 1 is 1.17 bits per heavy atom. The first-order valence-corrected chi connectivity index (χ1v) is 8.54. The third-order valence-corrected chi connectivity index (χ3v) is 4.86. The highest BCUT2D eigenvalue weighted by molar-refractivity contribution is 7.13. The number of carbonyl (C=O) groups is 1. The van der Waals surface area contributed by atoms with E-state index in [1.54, 1.807) is 11.3 Å². The lowest BCUT2D eigenvalue weighted by Crippen LogP contribution is -2.48. The van der Waals surface area contributed by atoms with Gasteiger partial charge in [0.1, 0.15) is 0 Å². The molecule has 0 bridgehead atoms. The van der Waals surface area contributed by atoms with Gasteiger partial charge in [-0.3, -0.25) is 4.79 Å². The summed E-state index contributed by atoms with van der Waals surface area (Å²) in [4.78, 5) is 20.7. The van der Waals surface area contributed by atoms with E-state index in [4.69, 9.17) is 0 Å². The molecule has 0 spiro atoms. The Hall–Kier alpha value is -2.32. The van der Waals surface area contributed by atoms with Gasteiger partial charge < -0.3 is 9.80 Å². The summed E-state index contributed by atoms with van der Waals surface area (Å²) in [7, 11) is 0. The lowest BCUT2D eigenvalue weighted by atomic mass is 10.0. The van der Waals surface area contributed by atoms with Gasteiger partial charge in [0.15, 0.2) is 5.13 Å². The van der Waals surface area contributed by atoms with Gasteiger partial charge in [0.25, 0.3) is 5.91 Å². The normalized spacial score (nSPS) is 14.3. The quantitative estimate of drug-likeness (QED) is 0.756. The van der Waals surface area contributed by atoms with Crippen LogP contribution in [0.1, 0.15) is 16.7 Å². The second-order valence-corrected chi connectivity index (χ2v) is 6.48. The van der Waals surface area contributed by atoms with Crippen molar-refractivity contribution in [3.63, 3.8) is 0 Å². The molecular weight excluding hydrogens is 306 g/mol. The van der Waals surface area contributed by atoms with Crippen LogP contribution < -0.4 is 4.90 Å². The second kappa shape index (κ2) is 6.84. The maximum atomic E-state index is 12.3. The van der Waals surface area contributed by atoms with E-state index < -0.39 is 0 Å². The lowest BCUT2D eigenvalue weighted by Gasteiger charge is -2.33. The predicted molar refractivity (Wildman–Crippen MR) is 93.7 cm³/mol. The third kappa shape index (κ3) is 3.54. The monoisotopic (exact) mass is 325 g/mol. The number of anilines is 1. The van der Waals surface area contributed by atoms with Gasteiger partial charge in [-0.25, -0.2) is 4.98 Å². The number of hydrogen-bond acceptors (Lipinski definition) is 4. The van der Waals surface area contributed by atoms with E-state index in [1.807, 2.05) is 48.5 Å². The Morgan fingerprint density at radius 3 is 2.48 bits per heavy atom. The van der Waals surface area contributed by atoms with Crippen LogP contribution in [-0.2, 0) is 4.79 Å². The predicted octanol–water partition coefficient (Wildman–Crippen LogP) is 2.46. The topological polar surface area (TPSA) is 36.4 Å². The maximum absolute atomic E-state index is 12.3. The SMILES string of the molecule is Cc1cccc(C)c1C#CC(=O)N1CCN(c2nccs2)CC1. The molecule has 0 atom stereocenters. The number of hydrogen-bond donors (Lipinski definition) is 0. The van der Waals surface area contributed by atoms with Crippen LogP contribution in [0.2, 0.25) is 0 Å². The average Bonchev–Trinajstić information content (AvgIpc) is 3.09. The van der Waals surface area contributed by atoms with E-state index in [-0.39, 0.29) is 5.91 Å². The van der Waals surface area contributed by atoms with Gasteiger partial charge in [0, 0.05) is 49.2 Å². The molecule has 2 aromatic rings. The molecule has 1 amide bonds. The van der Waals surface area contributed by atoms with Crippen molar-refractivity contribution in [2.75, 3.05) is 31.1 Å². The summed E-state index contributed by atoms with van der Waals surface area (Å²) in [5, 5.41) is 3.00. The van der Waals surface area contributed by atoms with Crippen LogP contribution in [0.5, 0.6) is 0 Å². The van der Waals surface area contributed by atoms with Gasteiger partial charge in [-0.15, -0.1) is 11.3 Å². The molecule has 1 aromatic heterocycles. The Balaban J connectivity index is 1.64. The highest BCUT2D eigenvalue weighted by Crippen LogP contribution is 2.18. The van der Waals surface area contributed by atoms with Gasteiger partial charge in [-0.1, -0.05) is 24.1 Å². The summed E-state index contributed by atoms with van der Waals surface area (Å²) in [6.07, 6.45) is 1.81. The molecule has 0 aliphatic carbocycles. The summed E-state index contributed by atoms with van der Waals surface area (Å²) in [6, 6.07) is 6.05. The molecule has 0 unspecified atom stereocenters. The minimum Gasteiger partial charge on any atom is -0.345 e. The highest BCUT2D eigenvalue weighted by Gasteiger charge is 2.21. The molecule has 0 N–H and O–H groups in total. The molecule has 4 nitrogen and oxygen atoms in total. The zero-order valence-corrected chi connectivity index (χ0v) is 14.2. The summed E-state index contributed by atoms with van der Waals surface area (Å²) in [5.41, 5.74) is 3.18. The molecule has 0 saturated carbocycles. The average molecular weight is 325 g/mol. The first-order valence-electron chi connectivity index (χ1n) is 7.67. The summed E-state index contributed by atoms with van der Waals surface area (Å²) in [6.45, 7) is 7.05. The molecule has 118 valence electrons. The third-order valence-electron chi connectivity index (χ3n) is 4.03. The van der Waals surface area contributed by atoms with Crippen LogP contribution >= 0.6 is 11.3 Å². The number of carbonyl (C=O) groups excluding carboxylic acids is 1. The molecule has 1 aromatic carbocycles. The molecule has 2 heterocycles. The Bertz CT molecular complexity index is 730. The van der Waals surface area contributed by atoms with Gasteiger partial charge in [-0.2, -0.15) is 0 Å². The zero-order chi connectivity index (χ0) is 16.2. The van der Waals surface area contributed by atoms with Gasteiger partial charge in [0.2, 0.25) is 0 Å². The molecule has 0 radical (unpaired) electrons. The van der Waals surface area contributed by atoms with Crippen molar-refractivity contribution in [1.29, 1.82) is 0 Å². The summed E-state index contributed by atoms with van der Waals surface area (Å²) < 4.78 is 0. The lowest BCUT2D eigenvalue weighted by molar-refractivity contribution is -0.125. The van der Waals surface area contributed by atoms with Crippen LogP contribution in [0.3, 0.4) is 0 Å². The fraction of sp³-hybridized carbons (Fsp3) is 0.333. The molecule has 5 heteroatoms. The van der Waals surface area contributed by atoms with Crippen molar-refractivity contribution in [2.45, 2.75) is 13.8 Å². The van der Waals surface area contributed by atoms with Crippen LogP contribution in [0, 0.1) is 25.7 Å². The number of piperazine rings is 1. The van der Waals surface area contributed by atoms with Gasteiger partial charge in [-0.05, 0) is 25.0 Å². The van der Waals surface area contributed by atoms with E-state index in [2.05, 4.69) is 21.7 Å². The van der Waals surface area contributed by atoms with Crippen molar-refractivity contribution < 1.29 is 4.79 Å². The van der Waals surface area contributed by atoms with Crippen LogP contribution in [0.4, 0.5) is 5.13 Å². The second-order valence-electron chi connectivity index (χ2n) is 5.61. The van der Waals surface area contributed by atoms with Crippen molar-refractivity contribution >= 4 is 22.4 Å². The summed E-state index contributed by atoms with van der Waals surface area (Å²) >= 11 is 1.63. The van der Waals surface area contributed by atoms with Crippen molar-refractivity contribution in [1.82, 2.24) is 9.88 Å². The van der Waals surface area contributed by atoms with E-state index in [1.165, 1.54) is 0 Å². The number of benzene rings is 1. The zero-order valence-electron chi connectivity index (χ0n) is 13.4. The Labute approximate surface area is 140 Å². The maximum Gasteiger partial charge on any atom is 0.298 e. The first kappa shape index (κ1) is 15.6. The number of aryl methyl sites for hydroxylation is 2. The van der Waals surface area contributed by atoms with E-state index in [0.717, 1.165) is 34.9 Å². The number of thiazole rings is 1. The largest absolute Gasteiger partial charge is 0.345 e. The molecule has 3 rings (SSSR count). The van der Waals surface area contributed by atoms with Crippen LogP contribution in [0.15, 0.2) is 29.8 Å². The van der Waals surface area contributed by atoms with E-state index in [9.17, 15) is 4.79 Å². The highest BCUT2D eigenvalue weighted by atomic mass is 32.1. The number of nitrogens with zero attached hydrogens (tertiary/aromatic N) is 3. The van der Waals surface area contributed by atoms with Crippen molar-refractivity contribution in [2.24, 2.45) is 0 Å². The molecular formula is C18H19N3OS. The van der Waals surface area contributed by atoms with E-state index >= 15 is 0 Å². The minimum absolute atomic E-state index is 0.0913. The van der Waals surface area contributed by atoms with Crippen LogP contribution in [0.25, 0.3) is 0 Å². The minimum atomic E-state index is -0.0913. The van der Waals surface area contributed by atoms with Gasteiger partial charge in [0.05, 0.1) is 0 Å². The first-order chi connectivity index (χ1) is 11.1. The molecule has 23 heavy (non-hydrogen) atoms. The van der Waals surface area contributed by atoms with E-state index in [0.29, 0.717) is 13.1 Å². The van der Waals surface area contributed by atoms with Crippen molar-refractivity contribution in [3.05, 3.63) is 46.5 Å². The van der Waals surface area contributed by atoms with Crippen molar-refractivity contribution in [3.8, 4) is 11.8 Å². The fourth-order valence-corrected chi connectivity index (χ4v) is 3.38. The Kier molecular flexibility index (Phi) is 4.63. The molecule has 1 aliphatic heterocycles. The molecule has 1 saturated heterocycles. The fourth-order valence-electron chi connectivity index (χ4n) is 2.68. The molecule has 1 fully saturated rings.